The molecule has 1 heterocycles. The van der Waals surface area contributed by atoms with Crippen LogP contribution in [0.3, 0.4) is 0 Å². The van der Waals surface area contributed by atoms with Crippen LogP contribution in [0.4, 0.5) is 0 Å². The minimum absolute atomic E-state index is 0.120. The molecule has 3 rings (SSSR count). The van der Waals surface area contributed by atoms with Gasteiger partial charge in [0.05, 0.1) is 5.02 Å². The summed E-state index contributed by atoms with van der Waals surface area (Å²) < 4.78 is 10.7. The third kappa shape index (κ3) is 2.66. The molecule has 19 heavy (non-hydrogen) atoms. The molecule has 2 aliphatic rings. The standard InChI is InChI=1S/C14H19ClN2O2/c15-11-5-9(6-13-14(11)19-8-18-13)12(7-16)17-10-3-1-2-4-10/h5-6,10,12,17H,1-4,7-8,16H2. The second-order valence-electron chi connectivity index (χ2n) is 5.17. The molecular formula is C14H19ClN2O2. The molecule has 5 heteroatoms. The molecule has 0 aromatic heterocycles. The van der Waals surface area contributed by atoms with Crippen LogP contribution in [-0.4, -0.2) is 19.4 Å². The average Bonchev–Trinajstić information content (AvgIpc) is 3.06. The van der Waals surface area contributed by atoms with E-state index >= 15 is 0 Å². The van der Waals surface area contributed by atoms with E-state index in [9.17, 15) is 0 Å². The van der Waals surface area contributed by atoms with Crippen molar-refractivity contribution in [3.8, 4) is 11.5 Å². The van der Waals surface area contributed by atoms with Crippen LogP contribution in [0.5, 0.6) is 11.5 Å². The molecule has 3 N–H and O–H groups in total. The summed E-state index contributed by atoms with van der Waals surface area (Å²) in [6.07, 6.45) is 5.07. The van der Waals surface area contributed by atoms with Crippen LogP contribution >= 0.6 is 11.6 Å². The first kappa shape index (κ1) is 13.0. The van der Waals surface area contributed by atoms with E-state index in [1.165, 1.54) is 25.7 Å². The predicted octanol–water partition coefficient (Wildman–Crippen LogP) is 2.60. The summed E-state index contributed by atoms with van der Waals surface area (Å²) in [5, 5.41) is 4.21. The maximum Gasteiger partial charge on any atom is 0.231 e. The molecule has 0 spiro atoms. The van der Waals surface area contributed by atoms with E-state index in [-0.39, 0.29) is 12.8 Å². The normalized spacial score (nSPS) is 19.9. The van der Waals surface area contributed by atoms with Crippen molar-refractivity contribution >= 4 is 11.6 Å². The van der Waals surface area contributed by atoms with Gasteiger partial charge in [-0.2, -0.15) is 0 Å². The van der Waals surface area contributed by atoms with Crippen molar-refractivity contribution in [3.05, 3.63) is 22.7 Å². The summed E-state index contributed by atoms with van der Waals surface area (Å²) in [6, 6.07) is 4.59. The molecular weight excluding hydrogens is 264 g/mol. The van der Waals surface area contributed by atoms with E-state index < -0.39 is 0 Å². The molecule has 104 valence electrons. The molecule has 0 amide bonds. The van der Waals surface area contributed by atoms with Gasteiger partial charge in [0.15, 0.2) is 11.5 Å². The summed E-state index contributed by atoms with van der Waals surface area (Å²) in [5.41, 5.74) is 6.97. The Hall–Kier alpha value is -0.970. The zero-order valence-electron chi connectivity index (χ0n) is 10.8. The Kier molecular flexibility index (Phi) is 3.82. The molecule has 1 atom stereocenters. The molecule has 1 aromatic carbocycles. The van der Waals surface area contributed by atoms with Crippen molar-refractivity contribution in [2.45, 2.75) is 37.8 Å². The fourth-order valence-electron chi connectivity index (χ4n) is 2.87. The Morgan fingerprint density at radius 3 is 2.84 bits per heavy atom. The highest BCUT2D eigenvalue weighted by Crippen LogP contribution is 2.41. The van der Waals surface area contributed by atoms with Crippen molar-refractivity contribution in [3.63, 3.8) is 0 Å². The highest BCUT2D eigenvalue weighted by atomic mass is 35.5. The highest BCUT2D eigenvalue weighted by molar-refractivity contribution is 6.32. The molecule has 4 nitrogen and oxygen atoms in total. The van der Waals surface area contributed by atoms with Crippen LogP contribution in [-0.2, 0) is 0 Å². The summed E-state index contributed by atoms with van der Waals surface area (Å²) in [4.78, 5) is 0. The van der Waals surface area contributed by atoms with Gasteiger partial charge in [-0.3, -0.25) is 0 Å². The number of halogens is 1. The molecule has 1 aliphatic heterocycles. The Bertz CT molecular complexity index is 461. The molecule has 1 saturated carbocycles. The van der Waals surface area contributed by atoms with Gasteiger partial charge in [0.2, 0.25) is 6.79 Å². The van der Waals surface area contributed by atoms with E-state index in [0.717, 1.165) is 5.56 Å². The summed E-state index contributed by atoms with van der Waals surface area (Å²) in [7, 11) is 0. The van der Waals surface area contributed by atoms with Crippen molar-refractivity contribution in [1.29, 1.82) is 0 Å². The van der Waals surface area contributed by atoms with Gasteiger partial charge in [-0.05, 0) is 30.5 Å². The minimum atomic E-state index is 0.120. The van der Waals surface area contributed by atoms with E-state index in [0.29, 0.717) is 29.1 Å². The van der Waals surface area contributed by atoms with Gasteiger partial charge in [-0.25, -0.2) is 0 Å². The maximum absolute atomic E-state index is 6.22. The predicted molar refractivity (Wildman–Crippen MR) is 74.8 cm³/mol. The minimum Gasteiger partial charge on any atom is -0.454 e. The van der Waals surface area contributed by atoms with Gasteiger partial charge in [-0.15, -0.1) is 0 Å². The van der Waals surface area contributed by atoms with Crippen LogP contribution in [0.1, 0.15) is 37.3 Å². The van der Waals surface area contributed by atoms with Gasteiger partial charge in [0.25, 0.3) is 0 Å². The largest absolute Gasteiger partial charge is 0.454 e. The number of hydrogen-bond acceptors (Lipinski definition) is 4. The van der Waals surface area contributed by atoms with Gasteiger partial charge in [0, 0.05) is 18.6 Å². The van der Waals surface area contributed by atoms with Gasteiger partial charge < -0.3 is 20.5 Å². The zero-order valence-corrected chi connectivity index (χ0v) is 11.6. The fourth-order valence-corrected chi connectivity index (χ4v) is 3.14. The number of ether oxygens (including phenoxy) is 2. The Morgan fingerprint density at radius 1 is 1.32 bits per heavy atom. The third-order valence-electron chi connectivity index (χ3n) is 3.88. The molecule has 0 radical (unpaired) electrons. The van der Waals surface area contributed by atoms with Gasteiger partial charge >= 0.3 is 0 Å². The summed E-state index contributed by atoms with van der Waals surface area (Å²) in [5.74, 6) is 1.36. The topological polar surface area (TPSA) is 56.5 Å². The average molecular weight is 283 g/mol. The molecule has 0 saturated heterocycles. The van der Waals surface area contributed by atoms with Crippen molar-refractivity contribution in [1.82, 2.24) is 5.32 Å². The third-order valence-corrected chi connectivity index (χ3v) is 4.16. The molecule has 1 fully saturated rings. The van der Waals surface area contributed by atoms with E-state index in [4.69, 9.17) is 26.8 Å². The van der Waals surface area contributed by atoms with Crippen LogP contribution in [0.25, 0.3) is 0 Å². The van der Waals surface area contributed by atoms with E-state index in [1.54, 1.807) is 0 Å². The number of fused-ring (bicyclic) bond motifs is 1. The zero-order chi connectivity index (χ0) is 13.2. The van der Waals surface area contributed by atoms with E-state index in [1.807, 2.05) is 12.1 Å². The summed E-state index contributed by atoms with van der Waals surface area (Å²) >= 11 is 6.22. The fraction of sp³-hybridized carbons (Fsp3) is 0.571. The lowest BCUT2D eigenvalue weighted by Gasteiger charge is -2.22. The lowest BCUT2D eigenvalue weighted by atomic mass is 10.0. The SMILES string of the molecule is NCC(NC1CCCC1)c1cc(Cl)c2c(c1)OCO2. The van der Waals surface area contributed by atoms with Crippen LogP contribution in [0.2, 0.25) is 5.02 Å². The number of rotatable bonds is 4. The number of hydrogen-bond donors (Lipinski definition) is 2. The Morgan fingerprint density at radius 2 is 2.11 bits per heavy atom. The first-order valence-electron chi connectivity index (χ1n) is 6.83. The molecule has 1 aromatic rings. The number of benzene rings is 1. The van der Waals surface area contributed by atoms with Gasteiger partial charge in [-0.1, -0.05) is 24.4 Å². The Balaban J connectivity index is 1.80. The highest BCUT2D eigenvalue weighted by Gasteiger charge is 2.23. The quantitative estimate of drug-likeness (QED) is 0.891. The van der Waals surface area contributed by atoms with Crippen LogP contribution < -0.4 is 20.5 Å². The van der Waals surface area contributed by atoms with Crippen molar-refractivity contribution in [2.75, 3.05) is 13.3 Å². The Labute approximate surface area is 118 Å². The second kappa shape index (κ2) is 5.57. The lowest BCUT2D eigenvalue weighted by molar-refractivity contribution is 0.174. The smallest absolute Gasteiger partial charge is 0.231 e. The lowest BCUT2D eigenvalue weighted by Crippen LogP contribution is -2.35. The summed E-state index contributed by atoms with van der Waals surface area (Å²) in [6.45, 7) is 0.786. The first-order chi connectivity index (χ1) is 9.28. The number of nitrogens with two attached hydrogens (primary N) is 1. The van der Waals surface area contributed by atoms with Crippen molar-refractivity contribution < 1.29 is 9.47 Å². The van der Waals surface area contributed by atoms with Crippen molar-refractivity contribution in [2.24, 2.45) is 5.73 Å². The monoisotopic (exact) mass is 282 g/mol. The van der Waals surface area contributed by atoms with Gasteiger partial charge in [0.1, 0.15) is 0 Å². The maximum atomic E-state index is 6.22. The second-order valence-corrected chi connectivity index (χ2v) is 5.58. The number of nitrogens with one attached hydrogen (secondary N) is 1. The first-order valence-corrected chi connectivity index (χ1v) is 7.21. The molecule has 1 aliphatic carbocycles. The van der Waals surface area contributed by atoms with Crippen LogP contribution in [0, 0.1) is 0 Å². The molecule has 0 bridgehead atoms. The van der Waals surface area contributed by atoms with Crippen LogP contribution in [0.15, 0.2) is 12.1 Å². The van der Waals surface area contributed by atoms with E-state index in [2.05, 4.69) is 5.32 Å². The molecule has 1 unspecified atom stereocenters.